The summed E-state index contributed by atoms with van der Waals surface area (Å²) in [4.78, 5) is 26.0. The van der Waals surface area contributed by atoms with E-state index >= 15 is 0 Å². The van der Waals surface area contributed by atoms with Gasteiger partial charge in [-0.2, -0.15) is 0 Å². The van der Waals surface area contributed by atoms with Gasteiger partial charge in [0.05, 0.1) is 0 Å². The molecule has 0 unspecified atom stereocenters. The van der Waals surface area contributed by atoms with Gasteiger partial charge in [0.2, 0.25) is 0 Å². The van der Waals surface area contributed by atoms with Crippen molar-refractivity contribution >= 4 is 40.1 Å². The highest BCUT2D eigenvalue weighted by Gasteiger charge is 2.10. The normalized spacial score (nSPS) is 9.95. The van der Waals surface area contributed by atoms with Crippen molar-refractivity contribution in [3.05, 3.63) is 63.2 Å². The summed E-state index contributed by atoms with van der Waals surface area (Å²) in [6.45, 7) is 0. The van der Waals surface area contributed by atoms with Gasteiger partial charge < -0.3 is 4.90 Å². The highest BCUT2D eigenvalue weighted by molar-refractivity contribution is 14.1. The second kappa shape index (κ2) is 7.26. The van der Waals surface area contributed by atoms with Crippen LogP contribution >= 0.6 is 22.6 Å². The Morgan fingerprint density at radius 3 is 2.00 bits per heavy atom. The fraction of sp³-hybridized carbons (Fsp3) is 0.125. The second-order valence-electron chi connectivity index (χ2n) is 4.86. The predicted octanol–water partition coefficient (Wildman–Crippen LogP) is 2.43. The molecule has 0 saturated heterocycles. The lowest BCUT2D eigenvalue weighted by Crippen LogP contribution is -2.41. The summed E-state index contributed by atoms with van der Waals surface area (Å²) in [6.07, 6.45) is 0. The van der Waals surface area contributed by atoms with Crippen LogP contribution < -0.4 is 15.8 Å². The molecule has 5 nitrogen and oxygen atoms in total. The maximum atomic E-state index is 12.1. The first-order valence-electron chi connectivity index (χ1n) is 6.61. The van der Waals surface area contributed by atoms with Gasteiger partial charge in [-0.05, 0) is 59.0 Å². The molecular weight excluding hydrogens is 393 g/mol. The second-order valence-corrected chi connectivity index (χ2v) is 6.11. The Bertz CT molecular complexity index is 701. The van der Waals surface area contributed by atoms with Crippen molar-refractivity contribution in [2.24, 2.45) is 0 Å². The molecule has 0 fully saturated rings. The monoisotopic (exact) mass is 409 g/mol. The van der Waals surface area contributed by atoms with Gasteiger partial charge in [0, 0.05) is 34.5 Å². The molecular formula is C16H16IN3O2. The average molecular weight is 409 g/mol. The van der Waals surface area contributed by atoms with Crippen molar-refractivity contribution in [3.8, 4) is 0 Å². The Labute approximate surface area is 142 Å². The van der Waals surface area contributed by atoms with Crippen LogP contribution in [0.3, 0.4) is 0 Å². The molecule has 0 spiro atoms. The van der Waals surface area contributed by atoms with Crippen LogP contribution in [-0.4, -0.2) is 25.9 Å². The van der Waals surface area contributed by atoms with Gasteiger partial charge in [-0.15, -0.1) is 0 Å². The van der Waals surface area contributed by atoms with Crippen LogP contribution in [-0.2, 0) is 0 Å². The van der Waals surface area contributed by atoms with Gasteiger partial charge in [0.1, 0.15) is 0 Å². The maximum Gasteiger partial charge on any atom is 0.269 e. The lowest BCUT2D eigenvalue weighted by Gasteiger charge is -2.13. The molecule has 0 aliphatic heterocycles. The molecule has 0 bridgehead atoms. The van der Waals surface area contributed by atoms with Crippen molar-refractivity contribution in [3.63, 3.8) is 0 Å². The first kappa shape index (κ1) is 16.3. The first-order valence-corrected chi connectivity index (χ1v) is 7.69. The lowest BCUT2D eigenvalue weighted by atomic mass is 10.2. The molecule has 6 heteroatoms. The van der Waals surface area contributed by atoms with Crippen LogP contribution in [0.5, 0.6) is 0 Å². The van der Waals surface area contributed by atoms with Crippen LogP contribution in [0.25, 0.3) is 0 Å². The van der Waals surface area contributed by atoms with Crippen molar-refractivity contribution < 1.29 is 9.59 Å². The lowest BCUT2D eigenvalue weighted by molar-refractivity contribution is 0.0846. The molecule has 2 amide bonds. The first-order chi connectivity index (χ1) is 10.5. The number of carbonyl (C=O) groups is 2. The van der Waals surface area contributed by atoms with E-state index in [4.69, 9.17) is 0 Å². The van der Waals surface area contributed by atoms with E-state index in [1.807, 2.05) is 31.1 Å². The molecule has 0 heterocycles. The fourth-order valence-electron chi connectivity index (χ4n) is 1.81. The smallest absolute Gasteiger partial charge is 0.269 e. The number of nitrogens with zero attached hydrogens (tertiary/aromatic N) is 1. The number of anilines is 1. The molecule has 2 rings (SSSR count). The van der Waals surface area contributed by atoms with E-state index in [2.05, 4.69) is 33.4 Å². The largest absolute Gasteiger partial charge is 0.378 e. The molecule has 0 radical (unpaired) electrons. The SMILES string of the molecule is CN(C)c1cccc(C(=O)NNC(=O)c2cccc(I)c2)c1. The summed E-state index contributed by atoms with van der Waals surface area (Å²) >= 11 is 2.13. The van der Waals surface area contributed by atoms with E-state index in [0.717, 1.165) is 9.26 Å². The van der Waals surface area contributed by atoms with E-state index in [9.17, 15) is 9.59 Å². The summed E-state index contributed by atoms with van der Waals surface area (Å²) in [6, 6.07) is 14.3. The molecule has 0 saturated carbocycles. The molecule has 0 aliphatic rings. The van der Waals surface area contributed by atoms with Crippen LogP contribution in [0.2, 0.25) is 0 Å². The van der Waals surface area contributed by atoms with E-state index in [1.54, 1.807) is 36.4 Å². The van der Waals surface area contributed by atoms with Gasteiger partial charge in [-0.3, -0.25) is 20.4 Å². The third kappa shape index (κ3) is 4.20. The van der Waals surface area contributed by atoms with Gasteiger partial charge in [0.15, 0.2) is 0 Å². The van der Waals surface area contributed by atoms with Gasteiger partial charge in [0.25, 0.3) is 11.8 Å². The van der Waals surface area contributed by atoms with Crippen molar-refractivity contribution in [2.45, 2.75) is 0 Å². The maximum absolute atomic E-state index is 12.1. The number of carbonyl (C=O) groups excluding carboxylic acids is 2. The number of hydrazine groups is 1. The van der Waals surface area contributed by atoms with Crippen LogP contribution in [0, 0.1) is 3.57 Å². The van der Waals surface area contributed by atoms with Crippen molar-refractivity contribution in [1.82, 2.24) is 10.9 Å². The molecule has 2 aromatic carbocycles. The molecule has 0 atom stereocenters. The van der Waals surface area contributed by atoms with Crippen LogP contribution in [0.1, 0.15) is 20.7 Å². The Kier molecular flexibility index (Phi) is 5.37. The number of rotatable bonds is 3. The zero-order valence-corrected chi connectivity index (χ0v) is 14.4. The number of halogens is 1. The molecule has 2 aromatic rings. The molecule has 2 N–H and O–H groups in total. The highest BCUT2D eigenvalue weighted by Crippen LogP contribution is 2.13. The van der Waals surface area contributed by atoms with Gasteiger partial charge in [-0.1, -0.05) is 12.1 Å². The standard InChI is InChI=1S/C16H16IN3O2/c1-20(2)14-8-4-6-12(10-14)16(22)19-18-15(21)11-5-3-7-13(17)9-11/h3-10H,1-2H3,(H,18,21)(H,19,22). The Morgan fingerprint density at radius 1 is 0.909 bits per heavy atom. The van der Waals surface area contributed by atoms with Gasteiger partial charge in [-0.25, -0.2) is 0 Å². The minimum atomic E-state index is -0.359. The third-order valence-electron chi connectivity index (χ3n) is 3.00. The zero-order valence-electron chi connectivity index (χ0n) is 12.3. The number of hydrogen-bond acceptors (Lipinski definition) is 3. The number of benzene rings is 2. The fourth-order valence-corrected chi connectivity index (χ4v) is 2.36. The van der Waals surface area contributed by atoms with E-state index in [0.29, 0.717) is 11.1 Å². The minimum absolute atomic E-state index is 0.351. The highest BCUT2D eigenvalue weighted by atomic mass is 127. The average Bonchev–Trinajstić information content (AvgIpc) is 2.52. The van der Waals surface area contributed by atoms with Crippen LogP contribution in [0.15, 0.2) is 48.5 Å². The van der Waals surface area contributed by atoms with Crippen molar-refractivity contribution in [1.29, 1.82) is 0 Å². The van der Waals surface area contributed by atoms with Crippen LogP contribution in [0.4, 0.5) is 5.69 Å². The molecule has 0 aliphatic carbocycles. The minimum Gasteiger partial charge on any atom is -0.378 e. The topological polar surface area (TPSA) is 61.4 Å². The summed E-state index contributed by atoms with van der Waals surface area (Å²) in [5, 5.41) is 0. The summed E-state index contributed by atoms with van der Waals surface area (Å²) in [7, 11) is 3.80. The van der Waals surface area contributed by atoms with Gasteiger partial charge >= 0.3 is 0 Å². The zero-order chi connectivity index (χ0) is 16.1. The van der Waals surface area contributed by atoms with E-state index < -0.39 is 0 Å². The van der Waals surface area contributed by atoms with E-state index in [1.165, 1.54) is 0 Å². The third-order valence-corrected chi connectivity index (χ3v) is 3.67. The summed E-state index contributed by atoms with van der Waals surface area (Å²) < 4.78 is 0.954. The molecule has 22 heavy (non-hydrogen) atoms. The summed E-state index contributed by atoms with van der Waals surface area (Å²) in [5.74, 6) is -0.710. The molecule has 114 valence electrons. The number of amides is 2. The Hall–Kier alpha value is -2.09. The summed E-state index contributed by atoms with van der Waals surface area (Å²) in [5.41, 5.74) is 6.73. The number of nitrogens with one attached hydrogen (secondary N) is 2. The molecule has 0 aromatic heterocycles. The van der Waals surface area contributed by atoms with E-state index in [-0.39, 0.29) is 11.8 Å². The Balaban J connectivity index is 2.01. The number of hydrogen-bond donors (Lipinski definition) is 2. The van der Waals surface area contributed by atoms with Crippen molar-refractivity contribution in [2.75, 3.05) is 19.0 Å². The Morgan fingerprint density at radius 2 is 1.45 bits per heavy atom. The predicted molar refractivity (Wildman–Crippen MR) is 94.9 cm³/mol. The quantitative estimate of drug-likeness (QED) is 0.605.